The molecule has 4 rings (SSSR count). The number of hydrogen-bond donors (Lipinski definition) is 3. The summed E-state index contributed by atoms with van der Waals surface area (Å²) in [4.78, 5) is 27.5. The summed E-state index contributed by atoms with van der Waals surface area (Å²) in [5, 5.41) is 18.4. The lowest BCUT2D eigenvalue weighted by Gasteiger charge is -2.15. The largest absolute Gasteiger partial charge is 0.354 e. The van der Waals surface area contributed by atoms with E-state index < -0.39 is 0 Å². The smallest absolute Gasteiger partial charge is 0.258 e. The molecule has 1 heterocycles. The fourth-order valence-corrected chi connectivity index (χ4v) is 3.92. The van der Waals surface area contributed by atoms with Crippen LogP contribution >= 0.6 is 0 Å². The van der Waals surface area contributed by atoms with Gasteiger partial charge < -0.3 is 20.9 Å². The highest BCUT2D eigenvalue weighted by molar-refractivity contribution is 6.37. The van der Waals surface area contributed by atoms with Crippen LogP contribution in [0.3, 0.4) is 0 Å². The van der Waals surface area contributed by atoms with Crippen LogP contribution in [0.25, 0.3) is 11.3 Å². The second-order valence-electron chi connectivity index (χ2n) is 8.56. The summed E-state index contributed by atoms with van der Waals surface area (Å²) in [5.74, 6) is -0.357. The van der Waals surface area contributed by atoms with Gasteiger partial charge in [-0.2, -0.15) is 5.26 Å². The lowest BCUT2D eigenvalue weighted by Crippen LogP contribution is -2.27. The third kappa shape index (κ3) is 5.57. The maximum Gasteiger partial charge on any atom is 0.258 e. The van der Waals surface area contributed by atoms with E-state index in [2.05, 4.69) is 26.9 Å². The minimum atomic E-state index is -0.241. The van der Waals surface area contributed by atoms with E-state index in [0.29, 0.717) is 34.6 Å². The first kappa shape index (κ1) is 23.7. The first-order valence-electron chi connectivity index (χ1n) is 11.4. The quantitative estimate of drug-likeness (QED) is 0.343. The zero-order valence-electron chi connectivity index (χ0n) is 19.8. The fourth-order valence-electron chi connectivity index (χ4n) is 3.92. The van der Waals surface area contributed by atoms with Crippen LogP contribution in [0.5, 0.6) is 0 Å². The van der Waals surface area contributed by atoms with Crippen LogP contribution in [-0.4, -0.2) is 43.9 Å². The van der Waals surface area contributed by atoms with Crippen molar-refractivity contribution < 1.29 is 9.59 Å². The van der Waals surface area contributed by atoms with E-state index in [-0.39, 0.29) is 11.8 Å². The summed E-state index contributed by atoms with van der Waals surface area (Å²) in [6.07, 6.45) is 0.881. The van der Waals surface area contributed by atoms with E-state index in [1.54, 1.807) is 30.3 Å². The number of rotatable bonds is 8. The molecule has 0 saturated carbocycles. The number of nitriles is 1. The van der Waals surface area contributed by atoms with Crippen LogP contribution in [-0.2, 0) is 4.79 Å². The Kier molecular flexibility index (Phi) is 7.24. The molecule has 176 valence electrons. The Morgan fingerprint density at radius 1 is 1.00 bits per heavy atom. The molecule has 1 aliphatic heterocycles. The maximum atomic E-state index is 13.0. The SMILES string of the molecule is CN(C)CCCNC(=O)c1ccc(N/C(=C2\C(=O)Nc3cc(C#N)ccc32)c2ccccc2)cc1. The van der Waals surface area contributed by atoms with Gasteiger partial charge in [0.15, 0.2) is 0 Å². The molecule has 3 N–H and O–H groups in total. The van der Waals surface area contributed by atoms with Crippen molar-refractivity contribution in [2.75, 3.05) is 37.8 Å². The summed E-state index contributed by atoms with van der Waals surface area (Å²) in [5.41, 5.74) is 5.13. The Morgan fingerprint density at radius 3 is 2.43 bits per heavy atom. The molecule has 0 fully saturated rings. The van der Waals surface area contributed by atoms with Gasteiger partial charge in [-0.1, -0.05) is 36.4 Å². The minimum absolute atomic E-state index is 0.116. The van der Waals surface area contributed by atoms with Gasteiger partial charge in [0.2, 0.25) is 0 Å². The Labute approximate surface area is 205 Å². The molecule has 35 heavy (non-hydrogen) atoms. The average Bonchev–Trinajstić information content (AvgIpc) is 3.20. The van der Waals surface area contributed by atoms with E-state index >= 15 is 0 Å². The predicted molar refractivity (Wildman–Crippen MR) is 139 cm³/mol. The standard InChI is InChI=1S/C28H27N5O2/c1-33(2)16-6-15-30-27(34)21-10-12-22(13-11-21)31-26(20-7-4-3-5-8-20)25-23-14-9-19(18-29)17-24(23)32-28(25)35/h3-5,7-14,17,31H,6,15-16H2,1-2H3,(H,30,34)(H,32,35)/b26-25-. The highest BCUT2D eigenvalue weighted by Gasteiger charge is 2.28. The van der Waals surface area contributed by atoms with Crippen LogP contribution in [0, 0.1) is 11.3 Å². The van der Waals surface area contributed by atoms with E-state index in [9.17, 15) is 14.9 Å². The van der Waals surface area contributed by atoms with E-state index in [0.717, 1.165) is 29.8 Å². The van der Waals surface area contributed by atoms with Gasteiger partial charge in [0, 0.05) is 23.4 Å². The molecule has 0 saturated heterocycles. The molecular formula is C28H27N5O2. The lowest BCUT2D eigenvalue weighted by atomic mass is 9.99. The van der Waals surface area contributed by atoms with Crippen molar-refractivity contribution in [3.05, 3.63) is 95.1 Å². The van der Waals surface area contributed by atoms with E-state index in [4.69, 9.17) is 0 Å². The van der Waals surface area contributed by atoms with Crippen LogP contribution < -0.4 is 16.0 Å². The summed E-state index contributed by atoms with van der Waals surface area (Å²) in [6.45, 7) is 1.53. The van der Waals surface area contributed by atoms with Crippen LogP contribution in [0.4, 0.5) is 11.4 Å². The number of amides is 2. The third-order valence-corrected chi connectivity index (χ3v) is 5.69. The summed E-state index contributed by atoms with van der Waals surface area (Å²) < 4.78 is 0. The summed E-state index contributed by atoms with van der Waals surface area (Å²) in [6, 6.07) is 24.0. The zero-order valence-corrected chi connectivity index (χ0v) is 19.8. The number of benzene rings is 3. The zero-order chi connectivity index (χ0) is 24.8. The molecule has 0 aromatic heterocycles. The van der Waals surface area contributed by atoms with Gasteiger partial charge in [0.1, 0.15) is 0 Å². The molecule has 0 atom stereocenters. The first-order chi connectivity index (χ1) is 17.0. The maximum absolute atomic E-state index is 13.0. The van der Waals surface area contributed by atoms with E-state index in [1.165, 1.54) is 0 Å². The van der Waals surface area contributed by atoms with Crippen LogP contribution in [0.15, 0.2) is 72.8 Å². The fraction of sp³-hybridized carbons (Fsp3) is 0.179. The molecule has 7 heteroatoms. The van der Waals surface area contributed by atoms with E-state index in [1.807, 2.05) is 56.6 Å². The average molecular weight is 466 g/mol. The summed E-state index contributed by atoms with van der Waals surface area (Å²) in [7, 11) is 4.01. The molecule has 0 aliphatic carbocycles. The monoisotopic (exact) mass is 465 g/mol. The van der Waals surface area contributed by atoms with Crippen molar-refractivity contribution in [2.24, 2.45) is 0 Å². The topological polar surface area (TPSA) is 97.3 Å². The second-order valence-corrected chi connectivity index (χ2v) is 8.56. The third-order valence-electron chi connectivity index (χ3n) is 5.69. The molecule has 0 unspecified atom stereocenters. The highest BCUT2D eigenvalue weighted by Crippen LogP contribution is 2.38. The van der Waals surface area contributed by atoms with Crippen LogP contribution in [0.2, 0.25) is 0 Å². The van der Waals surface area contributed by atoms with Crippen molar-refractivity contribution in [3.63, 3.8) is 0 Å². The lowest BCUT2D eigenvalue weighted by molar-refractivity contribution is -0.110. The second kappa shape index (κ2) is 10.7. The van der Waals surface area contributed by atoms with Crippen molar-refractivity contribution >= 4 is 34.5 Å². The minimum Gasteiger partial charge on any atom is -0.354 e. The molecule has 0 bridgehead atoms. The number of carbonyl (C=O) groups is 2. The number of fused-ring (bicyclic) bond motifs is 1. The van der Waals surface area contributed by atoms with Gasteiger partial charge in [-0.15, -0.1) is 0 Å². The Bertz CT molecular complexity index is 1310. The Morgan fingerprint density at radius 2 is 1.74 bits per heavy atom. The van der Waals surface area contributed by atoms with Gasteiger partial charge >= 0.3 is 0 Å². The van der Waals surface area contributed by atoms with Gasteiger partial charge in [0.05, 0.1) is 28.6 Å². The van der Waals surface area contributed by atoms with Crippen molar-refractivity contribution in [1.82, 2.24) is 10.2 Å². The number of anilines is 2. The van der Waals surface area contributed by atoms with Gasteiger partial charge in [-0.3, -0.25) is 9.59 Å². The number of nitrogens with zero attached hydrogens (tertiary/aromatic N) is 2. The predicted octanol–water partition coefficient (Wildman–Crippen LogP) is 4.17. The van der Waals surface area contributed by atoms with Gasteiger partial charge in [-0.25, -0.2) is 0 Å². The normalized spacial score (nSPS) is 13.6. The van der Waals surface area contributed by atoms with Gasteiger partial charge in [0.25, 0.3) is 11.8 Å². The van der Waals surface area contributed by atoms with Gasteiger partial charge in [-0.05, 0) is 69.0 Å². The highest BCUT2D eigenvalue weighted by atomic mass is 16.2. The molecule has 0 spiro atoms. The molecule has 2 amide bonds. The number of nitrogens with one attached hydrogen (secondary N) is 3. The summed E-state index contributed by atoms with van der Waals surface area (Å²) >= 11 is 0. The first-order valence-corrected chi connectivity index (χ1v) is 11.4. The Hall–Kier alpha value is -4.41. The molecule has 0 radical (unpaired) electrons. The molecule has 1 aliphatic rings. The molecular weight excluding hydrogens is 438 g/mol. The van der Waals surface area contributed by atoms with Crippen molar-refractivity contribution in [3.8, 4) is 6.07 Å². The van der Waals surface area contributed by atoms with Crippen molar-refractivity contribution in [1.29, 1.82) is 5.26 Å². The molecule has 3 aromatic rings. The Balaban J connectivity index is 1.61. The van der Waals surface area contributed by atoms with Crippen molar-refractivity contribution in [2.45, 2.75) is 6.42 Å². The molecule has 3 aromatic carbocycles. The molecule has 7 nitrogen and oxygen atoms in total. The van der Waals surface area contributed by atoms with Crippen LogP contribution in [0.1, 0.15) is 33.5 Å². The number of hydrogen-bond acceptors (Lipinski definition) is 5. The number of carbonyl (C=O) groups excluding carboxylic acids is 2.